The standard InChI is InChI=1S/C22H42N12O7/c1-11(23)17(37)33-12(4-2-8-29-21(25)26)18(38)31-10-16(36)32-13(5-3-9-30-22(27)28)19(39)34-14(20(40)41)6-7-15(24)35/h11-14H,2-10,23H2,1H3,(H2,24,35)(H,31,38)(H,32,36)(H,33,37)(H,34,39)(H,40,41)(H4,25,26,29)(H4,27,28,30)/t11-,12-,13-,14-/m0/s1. The average Bonchev–Trinajstić information content (AvgIpc) is 2.87. The van der Waals surface area contributed by atoms with Crippen molar-refractivity contribution in [3.05, 3.63) is 0 Å². The number of aliphatic imine (C=N–C) groups is 2. The van der Waals surface area contributed by atoms with Crippen molar-refractivity contribution in [2.24, 2.45) is 44.4 Å². The average molecular weight is 587 g/mol. The molecule has 0 heterocycles. The normalized spacial score (nSPS) is 13.3. The molecule has 0 aliphatic rings. The minimum Gasteiger partial charge on any atom is -0.480 e. The van der Waals surface area contributed by atoms with Crippen molar-refractivity contribution in [2.75, 3.05) is 19.6 Å². The van der Waals surface area contributed by atoms with E-state index in [1.54, 1.807) is 0 Å². The molecule has 19 nitrogen and oxygen atoms in total. The third-order valence-electron chi connectivity index (χ3n) is 5.31. The lowest BCUT2D eigenvalue weighted by Crippen LogP contribution is -2.55. The van der Waals surface area contributed by atoms with Crippen molar-refractivity contribution in [2.45, 2.75) is 69.6 Å². The van der Waals surface area contributed by atoms with Gasteiger partial charge in [0.25, 0.3) is 0 Å². The van der Waals surface area contributed by atoms with Crippen LogP contribution >= 0.6 is 0 Å². The van der Waals surface area contributed by atoms with Gasteiger partial charge in [0.2, 0.25) is 29.5 Å². The molecule has 0 fully saturated rings. The van der Waals surface area contributed by atoms with Gasteiger partial charge in [0.05, 0.1) is 12.6 Å². The molecule has 41 heavy (non-hydrogen) atoms. The lowest BCUT2D eigenvalue weighted by Gasteiger charge is -2.22. The monoisotopic (exact) mass is 586 g/mol. The first kappa shape index (κ1) is 36.3. The molecule has 4 atom stereocenters. The maximum atomic E-state index is 12.8. The molecule has 0 saturated heterocycles. The molecule has 232 valence electrons. The molecule has 0 radical (unpaired) electrons. The van der Waals surface area contributed by atoms with E-state index in [4.69, 9.17) is 34.4 Å². The second-order valence-corrected chi connectivity index (χ2v) is 8.99. The maximum Gasteiger partial charge on any atom is 0.326 e. The van der Waals surface area contributed by atoms with Crippen molar-refractivity contribution < 1.29 is 33.9 Å². The van der Waals surface area contributed by atoms with Crippen molar-refractivity contribution in [3.8, 4) is 0 Å². The van der Waals surface area contributed by atoms with Gasteiger partial charge in [-0.3, -0.25) is 34.0 Å². The number of hydrogen-bond donors (Lipinski definition) is 11. The van der Waals surface area contributed by atoms with Gasteiger partial charge < -0.3 is 60.8 Å². The third-order valence-corrected chi connectivity index (χ3v) is 5.31. The Hall–Kier alpha value is -4.68. The lowest BCUT2D eigenvalue weighted by molar-refractivity contribution is -0.142. The van der Waals surface area contributed by atoms with Gasteiger partial charge in [-0.15, -0.1) is 0 Å². The number of carbonyl (C=O) groups is 6. The topological polar surface area (TPSA) is 352 Å². The number of nitrogens with zero attached hydrogens (tertiary/aromatic N) is 2. The predicted molar refractivity (Wildman–Crippen MR) is 148 cm³/mol. The molecule has 0 aromatic heterocycles. The summed E-state index contributed by atoms with van der Waals surface area (Å²) in [6, 6.07) is -4.64. The van der Waals surface area contributed by atoms with Crippen molar-refractivity contribution in [3.63, 3.8) is 0 Å². The Balaban J connectivity index is 5.38. The summed E-state index contributed by atoms with van der Waals surface area (Å²) in [5.41, 5.74) is 31.7. The van der Waals surface area contributed by atoms with Crippen LogP contribution < -0.4 is 55.7 Å². The zero-order valence-corrected chi connectivity index (χ0v) is 22.9. The van der Waals surface area contributed by atoms with Crippen LogP contribution in [0.5, 0.6) is 0 Å². The highest BCUT2D eigenvalue weighted by Crippen LogP contribution is 2.04. The minimum absolute atomic E-state index is 0.00230. The first-order valence-electron chi connectivity index (χ1n) is 12.7. The summed E-state index contributed by atoms with van der Waals surface area (Å²) < 4.78 is 0. The minimum atomic E-state index is -1.44. The number of hydrogen-bond acceptors (Lipinski definition) is 9. The van der Waals surface area contributed by atoms with Gasteiger partial charge in [-0.2, -0.15) is 0 Å². The van der Waals surface area contributed by atoms with Gasteiger partial charge in [0.1, 0.15) is 18.1 Å². The summed E-state index contributed by atoms with van der Waals surface area (Å²) in [5.74, 6) is -5.42. The fourth-order valence-corrected chi connectivity index (χ4v) is 3.20. The van der Waals surface area contributed by atoms with Crippen LogP contribution in [0.15, 0.2) is 9.98 Å². The second kappa shape index (κ2) is 19.4. The highest BCUT2D eigenvalue weighted by Gasteiger charge is 2.27. The molecule has 0 aliphatic heterocycles. The highest BCUT2D eigenvalue weighted by molar-refractivity contribution is 5.94. The van der Waals surface area contributed by atoms with Gasteiger partial charge in [0.15, 0.2) is 11.9 Å². The van der Waals surface area contributed by atoms with E-state index in [0.29, 0.717) is 6.42 Å². The molecule has 0 aromatic rings. The fraction of sp³-hybridized carbons (Fsp3) is 0.636. The molecule has 0 bridgehead atoms. The van der Waals surface area contributed by atoms with Gasteiger partial charge in [0, 0.05) is 19.5 Å². The van der Waals surface area contributed by atoms with E-state index in [2.05, 4.69) is 31.3 Å². The third kappa shape index (κ3) is 17.5. The van der Waals surface area contributed by atoms with E-state index in [0.717, 1.165) is 0 Å². The number of carbonyl (C=O) groups excluding carboxylic acids is 5. The van der Waals surface area contributed by atoms with E-state index in [1.807, 2.05) is 0 Å². The first-order valence-corrected chi connectivity index (χ1v) is 12.7. The summed E-state index contributed by atoms with van der Waals surface area (Å²) >= 11 is 0. The van der Waals surface area contributed by atoms with Gasteiger partial charge in [-0.05, 0) is 39.0 Å². The zero-order chi connectivity index (χ0) is 31.5. The van der Waals surface area contributed by atoms with Crippen LogP contribution in [0, 0.1) is 0 Å². The lowest BCUT2D eigenvalue weighted by atomic mass is 10.1. The Morgan fingerprint density at radius 2 is 1.20 bits per heavy atom. The molecular formula is C22H42N12O7. The summed E-state index contributed by atoms with van der Waals surface area (Å²) in [7, 11) is 0. The van der Waals surface area contributed by atoms with Crippen molar-refractivity contribution in [1.29, 1.82) is 0 Å². The van der Waals surface area contributed by atoms with Crippen LogP contribution in [0.1, 0.15) is 45.4 Å². The summed E-state index contributed by atoms with van der Waals surface area (Å²) in [4.78, 5) is 80.4. The zero-order valence-electron chi connectivity index (χ0n) is 22.9. The molecule has 17 N–H and O–H groups in total. The van der Waals surface area contributed by atoms with Crippen molar-refractivity contribution in [1.82, 2.24) is 21.3 Å². The SMILES string of the molecule is C[C@H](N)C(=O)N[C@@H](CCCN=C(N)N)C(=O)NCC(=O)N[C@@H](CCCN=C(N)N)C(=O)N[C@@H](CCC(N)=O)C(=O)O. The molecule has 0 unspecified atom stereocenters. The van der Waals surface area contributed by atoms with E-state index < -0.39 is 66.2 Å². The summed E-state index contributed by atoms with van der Waals surface area (Å²) in [5, 5.41) is 18.9. The van der Waals surface area contributed by atoms with E-state index in [-0.39, 0.29) is 57.1 Å². The number of nitrogens with one attached hydrogen (secondary N) is 4. The number of carboxylic acids is 1. The maximum absolute atomic E-state index is 12.8. The van der Waals surface area contributed by atoms with E-state index in [9.17, 15) is 33.9 Å². The quantitative estimate of drug-likeness (QED) is 0.0361. The number of rotatable bonds is 20. The number of aliphatic carboxylic acids is 1. The van der Waals surface area contributed by atoms with E-state index in [1.165, 1.54) is 6.92 Å². The molecule has 0 spiro atoms. The molecule has 0 saturated carbocycles. The largest absolute Gasteiger partial charge is 0.480 e. The number of amides is 5. The van der Waals surface area contributed by atoms with Gasteiger partial charge in [-0.1, -0.05) is 0 Å². The smallest absolute Gasteiger partial charge is 0.326 e. The molecular weight excluding hydrogens is 544 g/mol. The molecule has 0 rings (SSSR count). The second-order valence-electron chi connectivity index (χ2n) is 8.99. The Bertz CT molecular complexity index is 978. The fourth-order valence-electron chi connectivity index (χ4n) is 3.20. The van der Waals surface area contributed by atoms with Gasteiger partial charge in [-0.25, -0.2) is 4.79 Å². The number of carboxylic acid groups (broad SMARTS) is 1. The highest BCUT2D eigenvalue weighted by atomic mass is 16.4. The van der Waals surface area contributed by atoms with Crippen molar-refractivity contribution >= 4 is 47.4 Å². The molecule has 0 aliphatic carbocycles. The molecule has 0 aromatic carbocycles. The Kier molecular flexibility index (Phi) is 17.2. The van der Waals surface area contributed by atoms with Crippen LogP contribution in [-0.2, 0) is 28.8 Å². The first-order chi connectivity index (χ1) is 19.1. The van der Waals surface area contributed by atoms with E-state index >= 15 is 0 Å². The summed E-state index contributed by atoms with van der Waals surface area (Å²) in [6.07, 6.45) is 0.113. The Morgan fingerprint density at radius 1 is 0.707 bits per heavy atom. The molecule has 19 heteroatoms. The van der Waals surface area contributed by atoms with Crippen LogP contribution in [0.3, 0.4) is 0 Å². The van der Waals surface area contributed by atoms with Crippen LogP contribution in [-0.4, -0.2) is 96.3 Å². The Labute approximate surface area is 236 Å². The number of guanidine groups is 2. The van der Waals surface area contributed by atoms with Crippen LogP contribution in [0.2, 0.25) is 0 Å². The number of primary amides is 1. The van der Waals surface area contributed by atoms with Gasteiger partial charge >= 0.3 is 5.97 Å². The van der Waals surface area contributed by atoms with Crippen LogP contribution in [0.25, 0.3) is 0 Å². The Morgan fingerprint density at radius 3 is 1.63 bits per heavy atom. The number of nitrogens with two attached hydrogens (primary N) is 6. The molecule has 5 amide bonds. The summed E-state index contributed by atoms with van der Waals surface area (Å²) in [6.45, 7) is 1.15. The van der Waals surface area contributed by atoms with Crippen LogP contribution in [0.4, 0.5) is 0 Å². The predicted octanol–water partition coefficient (Wildman–Crippen LogP) is -5.64.